The molecule has 2 fully saturated rings. The Morgan fingerprint density at radius 3 is 2.76 bits per heavy atom. The van der Waals surface area contributed by atoms with E-state index in [9.17, 15) is 0 Å². The molecule has 2 aliphatic rings. The quantitative estimate of drug-likeness (QED) is 0.813. The van der Waals surface area contributed by atoms with E-state index in [1.165, 1.54) is 51.7 Å². The van der Waals surface area contributed by atoms with Crippen LogP contribution in [0.3, 0.4) is 0 Å². The summed E-state index contributed by atoms with van der Waals surface area (Å²) in [6.45, 7) is 10.3. The predicted molar refractivity (Wildman–Crippen MR) is 71.3 cm³/mol. The van der Waals surface area contributed by atoms with Gasteiger partial charge in [-0.25, -0.2) is 0 Å². The van der Waals surface area contributed by atoms with Gasteiger partial charge in [-0.15, -0.1) is 0 Å². The fourth-order valence-electron chi connectivity index (χ4n) is 3.17. The predicted octanol–water partition coefficient (Wildman–Crippen LogP) is 2.02. The van der Waals surface area contributed by atoms with E-state index in [0.29, 0.717) is 11.6 Å². The maximum absolute atomic E-state index is 5.77. The highest BCUT2D eigenvalue weighted by atomic mass is 16.5. The van der Waals surface area contributed by atoms with E-state index in [-0.39, 0.29) is 0 Å². The highest BCUT2D eigenvalue weighted by Crippen LogP contribution is 2.21. The van der Waals surface area contributed by atoms with Gasteiger partial charge in [-0.2, -0.15) is 0 Å². The fraction of sp³-hybridized carbons (Fsp3) is 1.00. The number of hydrogen-bond acceptors (Lipinski definition) is 3. The zero-order valence-corrected chi connectivity index (χ0v) is 11.5. The van der Waals surface area contributed by atoms with Crippen LogP contribution in [0.5, 0.6) is 0 Å². The second-order valence-electron chi connectivity index (χ2n) is 5.64. The Labute approximate surface area is 106 Å². The molecule has 2 saturated heterocycles. The van der Waals surface area contributed by atoms with Crippen molar-refractivity contribution in [1.82, 2.24) is 10.2 Å². The van der Waals surface area contributed by atoms with Gasteiger partial charge in [0, 0.05) is 25.2 Å². The fourth-order valence-corrected chi connectivity index (χ4v) is 3.17. The molecule has 100 valence electrons. The van der Waals surface area contributed by atoms with Crippen molar-refractivity contribution < 1.29 is 4.74 Å². The molecular formula is C14H28N2O. The minimum absolute atomic E-state index is 0.342. The first-order valence-electron chi connectivity index (χ1n) is 7.37. The van der Waals surface area contributed by atoms with Crippen LogP contribution in [0.25, 0.3) is 0 Å². The molecule has 0 spiro atoms. The third kappa shape index (κ3) is 3.43. The van der Waals surface area contributed by atoms with Gasteiger partial charge in [0.25, 0.3) is 0 Å². The Hall–Kier alpha value is -0.120. The monoisotopic (exact) mass is 240 g/mol. The summed E-state index contributed by atoms with van der Waals surface area (Å²) in [6.07, 6.45) is 6.74. The zero-order valence-electron chi connectivity index (χ0n) is 11.5. The van der Waals surface area contributed by atoms with Crippen LogP contribution in [0, 0.1) is 0 Å². The van der Waals surface area contributed by atoms with E-state index in [2.05, 4.69) is 24.1 Å². The largest absolute Gasteiger partial charge is 0.377 e. The van der Waals surface area contributed by atoms with Gasteiger partial charge in [0.15, 0.2) is 0 Å². The first-order valence-corrected chi connectivity index (χ1v) is 7.37. The highest BCUT2D eigenvalue weighted by molar-refractivity contribution is 4.91. The van der Waals surface area contributed by atoms with Crippen LogP contribution in [-0.2, 0) is 4.74 Å². The van der Waals surface area contributed by atoms with Crippen molar-refractivity contribution in [3.63, 3.8) is 0 Å². The second-order valence-corrected chi connectivity index (χ2v) is 5.64. The van der Waals surface area contributed by atoms with E-state index in [4.69, 9.17) is 4.74 Å². The molecule has 1 unspecified atom stereocenters. The van der Waals surface area contributed by atoms with Crippen LogP contribution in [0.1, 0.15) is 46.0 Å². The maximum Gasteiger partial charge on any atom is 0.0702 e. The lowest BCUT2D eigenvalue weighted by Gasteiger charge is -2.36. The van der Waals surface area contributed by atoms with Crippen LogP contribution in [0.15, 0.2) is 0 Å². The Kier molecular flexibility index (Phi) is 4.83. The molecule has 3 heteroatoms. The van der Waals surface area contributed by atoms with E-state index in [0.717, 1.165) is 13.2 Å². The van der Waals surface area contributed by atoms with E-state index < -0.39 is 0 Å². The first-order chi connectivity index (χ1) is 8.28. The van der Waals surface area contributed by atoms with Crippen LogP contribution in [0.4, 0.5) is 0 Å². The summed E-state index contributed by atoms with van der Waals surface area (Å²) in [4.78, 5) is 2.63. The maximum atomic E-state index is 5.77. The highest BCUT2D eigenvalue weighted by Gasteiger charge is 2.31. The summed E-state index contributed by atoms with van der Waals surface area (Å²) in [5, 5.41) is 3.77. The molecule has 2 aliphatic heterocycles. The van der Waals surface area contributed by atoms with Crippen molar-refractivity contribution in [2.45, 2.75) is 57.6 Å². The molecule has 0 radical (unpaired) electrons. The van der Waals surface area contributed by atoms with Gasteiger partial charge in [-0.05, 0) is 45.2 Å². The SMILES string of the molecule is CCC1(CC)CN(CC2CCCO2)CCCN1. The van der Waals surface area contributed by atoms with Crippen molar-refractivity contribution in [1.29, 1.82) is 0 Å². The Balaban J connectivity index is 1.91. The molecule has 0 amide bonds. The minimum Gasteiger partial charge on any atom is -0.377 e. The normalized spacial score (nSPS) is 30.4. The van der Waals surface area contributed by atoms with Crippen molar-refractivity contribution in [3.8, 4) is 0 Å². The molecule has 2 rings (SSSR count). The number of ether oxygens (including phenoxy) is 1. The molecule has 1 atom stereocenters. The van der Waals surface area contributed by atoms with Crippen molar-refractivity contribution >= 4 is 0 Å². The summed E-state index contributed by atoms with van der Waals surface area (Å²) in [7, 11) is 0. The Morgan fingerprint density at radius 1 is 1.29 bits per heavy atom. The van der Waals surface area contributed by atoms with Crippen LogP contribution >= 0.6 is 0 Å². The van der Waals surface area contributed by atoms with Gasteiger partial charge in [0.1, 0.15) is 0 Å². The molecular weight excluding hydrogens is 212 g/mol. The van der Waals surface area contributed by atoms with E-state index in [1.807, 2.05) is 0 Å². The van der Waals surface area contributed by atoms with E-state index >= 15 is 0 Å². The number of nitrogens with zero attached hydrogens (tertiary/aromatic N) is 1. The molecule has 0 saturated carbocycles. The lowest BCUT2D eigenvalue weighted by Crippen LogP contribution is -2.51. The average Bonchev–Trinajstić information content (AvgIpc) is 2.76. The molecule has 0 aromatic rings. The molecule has 1 N–H and O–H groups in total. The summed E-state index contributed by atoms with van der Waals surface area (Å²) in [6, 6.07) is 0. The zero-order chi connectivity index (χ0) is 12.1. The molecule has 3 nitrogen and oxygen atoms in total. The molecule has 0 bridgehead atoms. The van der Waals surface area contributed by atoms with Gasteiger partial charge in [0.05, 0.1) is 6.10 Å². The topological polar surface area (TPSA) is 24.5 Å². The van der Waals surface area contributed by atoms with Gasteiger partial charge < -0.3 is 10.1 Å². The standard InChI is InChI=1S/C14H28N2O/c1-3-14(4-2)12-16(9-6-8-15-14)11-13-7-5-10-17-13/h13,15H,3-12H2,1-2H3. The molecule has 0 aromatic carbocycles. The summed E-state index contributed by atoms with van der Waals surface area (Å²) < 4.78 is 5.77. The number of hydrogen-bond donors (Lipinski definition) is 1. The Bertz CT molecular complexity index is 222. The minimum atomic E-state index is 0.342. The third-order valence-electron chi connectivity index (χ3n) is 4.52. The second kappa shape index (κ2) is 6.17. The van der Waals surface area contributed by atoms with Crippen LogP contribution < -0.4 is 5.32 Å². The number of nitrogens with one attached hydrogen (secondary N) is 1. The summed E-state index contributed by atoms with van der Waals surface area (Å²) >= 11 is 0. The Morgan fingerprint density at radius 2 is 2.12 bits per heavy atom. The van der Waals surface area contributed by atoms with Crippen molar-refractivity contribution in [3.05, 3.63) is 0 Å². The van der Waals surface area contributed by atoms with E-state index in [1.54, 1.807) is 0 Å². The van der Waals surface area contributed by atoms with Crippen molar-refractivity contribution in [2.75, 3.05) is 32.8 Å². The van der Waals surface area contributed by atoms with Crippen LogP contribution in [-0.4, -0.2) is 49.3 Å². The molecule has 17 heavy (non-hydrogen) atoms. The van der Waals surface area contributed by atoms with Gasteiger partial charge in [-0.1, -0.05) is 13.8 Å². The van der Waals surface area contributed by atoms with Gasteiger partial charge in [-0.3, -0.25) is 4.90 Å². The smallest absolute Gasteiger partial charge is 0.0702 e. The van der Waals surface area contributed by atoms with Gasteiger partial charge >= 0.3 is 0 Å². The molecule has 0 aliphatic carbocycles. The number of rotatable bonds is 4. The van der Waals surface area contributed by atoms with Crippen molar-refractivity contribution in [2.24, 2.45) is 0 Å². The third-order valence-corrected chi connectivity index (χ3v) is 4.52. The lowest BCUT2D eigenvalue weighted by atomic mass is 9.92. The summed E-state index contributed by atoms with van der Waals surface area (Å²) in [5.41, 5.74) is 0.342. The first kappa shape index (κ1) is 13.3. The van der Waals surface area contributed by atoms with Crippen LogP contribution in [0.2, 0.25) is 0 Å². The summed E-state index contributed by atoms with van der Waals surface area (Å²) in [5.74, 6) is 0. The van der Waals surface area contributed by atoms with Gasteiger partial charge in [0.2, 0.25) is 0 Å². The molecule has 0 aromatic heterocycles. The average molecular weight is 240 g/mol. The molecule has 2 heterocycles. The lowest BCUT2D eigenvalue weighted by molar-refractivity contribution is 0.0653.